The van der Waals surface area contributed by atoms with E-state index in [0.717, 1.165) is 23.1 Å². The first-order valence-electron chi connectivity index (χ1n) is 11.5. The van der Waals surface area contributed by atoms with Gasteiger partial charge in [-0.1, -0.05) is 0 Å². The van der Waals surface area contributed by atoms with E-state index in [1.165, 1.54) is 12.8 Å². The molecule has 0 aliphatic carbocycles. The standard InChI is InChI=1S/C29H33O.Li/c1-5-7-23-28(3,4)27(6-2)30-29(24-17-11-8-12-18-24,25-19-13-9-14-20-25)26-21-15-10-16-22-26;/h2,6,8-22,27H,5,7,23H2,1,3-4H3;. The van der Waals surface area contributed by atoms with Gasteiger partial charge in [0.1, 0.15) is 0 Å². The van der Waals surface area contributed by atoms with Crippen LogP contribution in [0, 0.1) is 5.41 Å². The number of rotatable bonds is 10. The van der Waals surface area contributed by atoms with Gasteiger partial charge in [0.25, 0.3) is 0 Å². The molecule has 3 aromatic rings. The molecule has 0 saturated heterocycles. The Morgan fingerprint density at radius 1 is 0.774 bits per heavy atom. The third-order valence-corrected chi connectivity index (χ3v) is 6.16. The average molecular weight is 405 g/mol. The molecule has 0 amide bonds. The molecule has 0 fully saturated rings. The molecule has 156 valence electrons. The molecular formula is C29H33LiO. The summed E-state index contributed by atoms with van der Waals surface area (Å²) in [6.45, 7) is 6.92. The molecule has 1 atom stereocenters. The van der Waals surface area contributed by atoms with Crippen molar-refractivity contribution in [3.05, 3.63) is 119 Å². The fourth-order valence-electron chi connectivity index (χ4n) is 4.32. The Morgan fingerprint density at radius 2 is 1.19 bits per heavy atom. The number of hydrogen-bond acceptors (Lipinski definition) is 1. The Kier molecular flexibility index (Phi) is 8.39. The van der Waals surface area contributed by atoms with Gasteiger partial charge >= 0.3 is 198 Å². The van der Waals surface area contributed by atoms with Gasteiger partial charge in [-0.3, -0.25) is 0 Å². The first kappa shape index (κ1) is 23.6. The van der Waals surface area contributed by atoms with Crippen LogP contribution in [0.25, 0.3) is 0 Å². The zero-order valence-electron chi connectivity index (χ0n) is 19.4. The van der Waals surface area contributed by atoms with E-state index in [0.29, 0.717) is 0 Å². The van der Waals surface area contributed by atoms with Gasteiger partial charge in [-0.25, -0.2) is 0 Å². The van der Waals surface area contributed by atoms with Gasteiger partial charge in [0.15, 0.2) is 0 Å². The van der Waals surface area contributed by atoms with Crippen molar-refractivity contribution < 1.29 is 4.74 Å². The summed E-state index contributed by atoms with van der Waals surface area (Å²) < 4.78 is 9.44. The summed E-state index contributed by atoms with van der Waals surface area (Å²) in [4.78, 5) is 0. The normalized spacial score (nSPS) is 13.5. The van der Waals surface area contributed by atoms with E-state index in [2.05, 4.69) is 140 Å². The predicted molar refractivity (Wildman–Crippen MR) is 132 cm³/mol. The Morgan fingerprint density at radius 3 is 1.55 bits per heavy atom. The van der Waals surface area contributed by atoms with Crippen LogP contribution in [0.3, 0.4) is 0 Å². The Labute approximate surface area is 197 Å². The molecule has 0 aliphatic heterocycles. The predicted octanol–water partition coefficient (Wildman–Crippen LogP) is 7.26. The van der Waals surface area contributed by atoms with Crippen LogP contribution in [0.2, 0.25) is 0 Å². The fourth-order valence-corrected chi connectivity index (χ4v) is 4.32. The van der Waals surface area contributed by atoms with E-state index in [1.807, 2.05) is 0 Å². The van der Waals surface area contributed by atoms with Crippen molar-refractivity contribution >= 4 is 17.7 Å². The molecular weight excluding hydrogens is 371 g/mol. The van der Waals surface area contributed by atoms with Crippen molar-refractivity contribution in [1.29, 1.82) is 0 Å². The molecule has 0 heterocycles. The van der Waals surface area contributed by atoms with E-state index in [1.54, 1.807) is 0 Å². The van der Waals surface area contributed by atoms with Gasteiger partial charge in [-0.15, -0.1) is 0 Å². The van der Waals surface area contributed by atoms with Crippen molar-refractivity contribution in [3.8, 4) is 0 Å². The van der Waals surface area contributed by atoms with Crippen LogP contribution in [0.4, 0.5) is 0 Å². The maximum atomic E-state index is 7.31. The van der Waals surface area contributed by atoms with Crippen LogP contribution in [0.1, 0.15) is 56.7 Å². The Bertz CT molecular complexity index is 836. The Balaban J connectivity index is 2.24. The van der Waals surface area contributed by atoms with Crippen molar-refractivity contribution in [2.45, 2.75) is 51.7 Å². The van der Waals surface area contributed by atoms with Crippen LogP contribution in [-0.2, 0) is 10.3 Å². The first-order valence-corrected chi connectivity index (χ1v) is 11.5. The summed E-state index contributed by atoms with van der Waals surface area (Å²) in [6, 6.07) is 31.9. The number of hydrogen-bond donors (Lipinski definition) is 0. The van der Waals surface area contributed by atoms with E-state index < -0.39 is 5.60 Å². The number of unbranched alkanes of at least 4 members (excludes halogenated alkanes) is 1. The molecule has 31 heavy (non-hydrogen) atoms. The second-order valence-electron chi connectivity index (χ2n) is 8.94. The molecule has 0 spiro atoms. The van der Waals surface area contributed by atoms with E-state index in [-0.39, 0.29) is 11.5 Å². The van der Waals surface area contributed by atoms with Gasteiger partial charge < -0.3 is 0 Å². The van der Waals surface area contributed by atoms with Crippen molar-refractivity contribution in [2.75, 3.05) is 0 Å². The maximum absolute atomic E-state index is 7.31. The molecule has 0 radical (unpaired) electrons. The van der Waals surface area contributed by atoms with Crippen LogP contribution >= 0.6 is 0 Å². The van der Waals surface area contributed by atoms with Crippen molar-refractivity contribution in [2.24, 2.45) is 5.41 Å². The van der Waals surface area contributed by atoms with Gasteiger partial charge in [-0.05, 0) is 0 Å². The fraction of sp³-hybridized carbons (Fsp3) is 0.310. The molecule has 1 nitrogen and oxygen atoms in total. The third kappa shape index (κ3) is 5.42. The molecule has 3 aromatic carbocycles. The molecule has 3 rings (SSSR count). The molecule has 0 aliphatic rings. The zero-order chi connectivity index (χ0) is 22.2. The summed E-state index contributed by atoms with van der Waals surface area (Å²) in [5.41, 5.74) is 2.75. The topological polar surface area (TPSA) is 9.23 Å². The van der Waals surface area contributed by atoms with Crippen molar-refractivity contribution in [1.82, 2.24) is 0 Å². The van der Waals surface area contributed by atoms with E-state index >= 15 is 0 Å². The van der Waals surface area contributed by atoms with Crippen LogP contribution in [-0.4, -0.2) is 23.8 Å². The van der Waals surface area contributed by atoms with E-state index in [4.69, 9.17) is 4.74 Å². The average Bonchev–Trinajstić information content (AvgIpc) is 2.82. The molecule has 0 bridgehead atoms. The van der Waals surface area contributed by atoms with Crippen molar-refractivity contribution in [3.63, 3.8) is 0 Å². The van der Waals surface area contributed by atoms with Gasteiger partial charge in [0.2, 0.25) is 0 Å². The first-order chi connectivity index (χ1) is 15.0. The van der Waals surface area contributed by atoms with Gasteiger partial charge in [-0.2, -0.15) is 0 Å². The number of ether oxygens (including phenoxy) is 1. The second-order valence-corrected chi connectivity index (χ2v) is 8.94. The molecule has 0 saturated carbocycles. The molecule has 0 N–H and O–H groups in total. The van der Waals surface area contributed by atoms with Crippen LogP contribution in [0.5, 0.6) is 0 Å². The summed E-state index contributed by atoms with van der Waals surface area (Å²) in [5.74, 6) is 0. The summed E-state index contributed by atoms with van der Waals surface area (Å²) in [7, 11) is 0. The summed E-state index contributed by atoms with van der Waals surface area (Å²) in [6.07, 6.45) is 5.70. The monoisotopic (exact) mass is 404 g/mol. The molecule has 2 heteroatoms. The number of benzene rings is 3. The Hall–Kier alpha value is -2.04. The minimum absolute atomic E-state index is 0.00606. The van der Waals surface area contributed by atoms with Gasteiger partial charge in [0.05, 0.1) is 0 Å². The summed E-state index contributed by atoms with van der Waals surface area (Å²) >= 11 is 2.08. The third-order valence-electron chi connectivity index (χ3n) is 6.16. The van der Waals surface area contributed by atoms with Gasteiger partial charge in [0, 0.05) is 0 Å². The van der Waals surface area contributed by atoms with Crippen LogP contribution < -0.4 is 0 Å². The molecule has 1 unspecified atom stereocenters. The molecule has 0 aromatic heterocycles. The summed E-state index contributed by atoms with van der Waals surface area (Å²) in [5, 5.41) is 0. The minimum atomic E-state index is -0.697. The second kappa shape index (κ2) is 11.0. The quantitative estimate of drug-likeness (QED) is 0.255. The zero-order valence-corrected chi connectivity index (χ0v) is 19.4. The van der Waals surface area contributed by atoms with E-state index in [9.17, 15) is 0 Å². The van der Waals surface area contributed by atoms with Crippen LogP contribution in [0.15, 0.2) is 102 Å². The SMILES string of the molecule is [Li]/[CH]=C/C(OC(c1ccccc1)(c1ccccc1)c1ccccc1)C(C)(C)CCCC.